The Morgan fingerprint density at radius 3 is 3.00 bits per heavy atom. The van der Waals surface area contributed by atoms with Gasteiger partial charge in [-0.2, -0.15) is 0 Å². The molecule has 0 bridgehead atoms. The summed E-state index contributed by atoms with van der Waals surface area (Å²) in [7, 11) is 0. The molecule has 3 heteroatoms. The smallest absolute Gasteiger partial charge is 0.254 e. The lowest BCUT2D eigenvalue weighted by atomic mass is 10.0. The number of rotatable bonds is 5. The minimum absolute atomic E-state index is 0.208. The molecule has 1 amide bonds. The van der Waals surface area contributed by atoms with E-state index in [9.17, 15) is 4.79 Å². The predicted molar refractivity (Wildman–Crippen MR) is 73.8 cm³/mol. The van der Waals surface area contributed by atoms with E-state index in [1.807, 2.05) is 23.1 Å². The van der Waals surface area contributed by atoms with Crippen LogP contribution in [0.4, 0.5) is 0 Å². The molecular weight excluding hydrogens is 224 g/mol. The van der Waals surface area contributed by atoms with Crippen molar-refractivity contribution in [1.82, 2.24) is 10.2 Å². The van der Waals surface area contributed by atoms with Gasteiger partial charge in [-0.1, -0.05) is 25.1 Å². The number of nitrogens with one attached hydrogen (secondary N) is 1. The molecule has 98 valence electrons. The van der Waals surface area contributed by atoms with Gasteiger partial charge in [0.25, 0.3) is 5.91 Å². The molecule has 2 rings (SSSR count). The van der Waals surface area contributed by atoms with Crippen molar-refractivity contribution in [2.75, 3.05) is 26.2 Å². The Morgan fingerprint density at radius 1 is 1.33 bits per heavy atom. The Balaban J connectivity index is 1.99. The van der Waals surface area contributed by atoms with Gasteiger partial charge in [0.2, 0.25) is 0 Å². The van der Waals surface area contributed by atoms with Gasteiger partial charge in [-0.3, -0.25) is 4.79 Å². The molecule has 0 unspecified atom stereocenters. The van der Waals surface area contributed by atoms with Crippen LogP contribution in [0.15, 0.2) is 24.3 Å². The van der Waals surface area contributed by atoms with Gasteiger partial charge in [0.15, 0.2) is 0 Å². The molecule has 0 radical (unpaired) electrons. The van der Waals surface area contributed by atoms with Crippen molar-refractivity contribution in [2.24, 2.45) is 0 Å². The second-order valence-electron chi connectivity index (χ2n) is 4.76. The molecule has 0 aromatic heterocycles. The SMILES string of the molecule is CCNCCCN1CCCc2ccccc2C1=O. The quantitative estimate of drug-likeness (QED) is 0.807. The average molecular weight is 246 g/mol. The van der Waals surface area contributed by atoms with Crippen LogP contribution in [0.1, 0.15) is 35.7 Å². The number of nitrogens with zero attached hydrogens (tertiary/aromatic N) is 1. The summed E-state index contributed by atoms with van der Waals surface area (Å²) in [6.07, 6.45) is 3.12. The van der Waals surface area contributed by atoms with Crippen LogP contribution in [0.25, 0.3) is 0 Å². The molecule has 0 saturated carbocycles. The number of carbonyl (C=O) groups excluding carboxylic acids is 1. The second-order valence-corrected chi connectivity index (χ2v) is 4.76. The third-order valence-corrected chi connectivity index (χ3v) is 3.44. The molecule has 0 saturated heterocycles. The number of fused-ring (bicyclic) bond motifs is 1. The van der Waals surface area contributed by atoms with Crippen LogP contribution >= 0.6 is 0 Å². The number of benzene rings is 1. The molecule has 0 fully saturated rings. The zero-order valence-electron chi connectivity index (χ0n) is 11.1. The van der Waals surface area contributed by atoms with E-state index in [-0.39, 0.29) is 5.91 Å². The third kappa shape index (κ3) is 3.10. The van der Waals surface area contributed by atoms with E-state index in [0.717, 1.165) is 51.0 Å². The summed E-state index contributed by atoms with van der Waals surface area (Å²) < 4.78 is 0. The van der Waals surface area contributed by atoms with E-state index in [4.69, 9.17) is 0 Å². The fourth-order valence-electron chi connectivity index (χ4n) is 2.46. The van der Waals surface area contributed by atoms with Gasteiger partial charge in [-0.05, 0) is 44.0 Å². The zero-order valence-corrected chi connectivity index (χ0v) is 11.1. The van der Waals surface area contributed by atoms with Crippen molar-refractivity contribution in [3.05, 3.63) is 35.4 Å². The van der Waals surface area contributed by atoms with Crippen molar-refractivity contribution in [3.63, 3.8) is 0 Å². The minimum Gasteiger partial charge on any atom is -0.339 e. The maximum Gasteiger partial charge on any atom is 0.254 e. The third-order valence-electron chi connectivity index (χ3n) is 3.44. The summed E-state index contributed by atoms with van der Waals surface area (Å²) in [5.41, 5.74) is 2.11. The summed E-state index contributed by atoms with van der Waals surface area (Å²) in [6, 6.07) is 8.02. The first-order valence-corrected chi connectivity index (χ1v) is 6.91. The van der Waals surface area contributed by atoms with E-state index in [1.165, 1.54) is 5.56 Å². The fraction of sp³-hybridized carbons (Fsp3) is 0.533. The van der Waals surface area contributed by atoms with Crippen molar-refractivity contribution >= 4 is 5.91 Å². The van der Waals surface area contributed by atoms with Gasteiger partial charge >= 0.3 is 0 Å². The van der Waals surface area contributed by atoms with Crippen LogP contribution in [0, 0.1) is 0 Å². The Morgan fingerprint density at radius 2 is 2.17 bits per heavy atom. The van der Waals surface area contributed by atoms with Crippen LogP contribution in [0.2, 0.25) is 0 Å². The lowest BCUT2D eigenvalue weighted by Crippen LogP contribution is -2.33. The Labute approximate surface area is 109 Å². The molecule has 1 N–H and O–H groups in total. The zero-order chi connectivity index (χ0) is 12.8. The van der Waals surface area contributed by atoms with Crippen molar-refractivity contribution in [2.45, 2.75) is 26.2 Å². The summed E-state index contributed by atoms with van der Waals surface area (Å²) >= 11 is 0. The Kier molecular flexibility index (Phi) is 4.76. The maximum absolute atomic E-state index is 12.4. The standard InChI is InChI=1S/C15H22N2O/c1-2-16-10-6-12-17-11-5-8-13-7-3-4-9-14(13)15(17)18/h3-4,7,9,16H,2,5-6,8,10-12H2,1H3. The van der Waals surface area contributed by atoms with E-state index < -0.39 is 0 Å². The normalized spacial score (nSPS) is 15.4. The highest BCUT2D eigenvalue weighted by atomic mass is 16.2. The molecule has 0 spiro atoms. The summed E-state index contributed by atoms with van der Waals surface area (Å²) in [5, 5.41) is 3.30. The molecule has 1 aromatic rings. The van der Waals surface area contributed by atoms with Gasteiger partial charge in [0.05, 0.1) is 0 Å². The Bertz CT molecular complexity index is 403. The molecule has 3 nitrogen and oxygen atoms in total. The summed E-state index contributed by atoms with van der Waals surface area (Å²) in [4.78, 5) is 14.4. The number of aryl methyl sites for hydroxylation is 1. The maximum atomic E-state index is 12.4. The molecule has 18 heavy (non-hydrogen) atoms. The first-order valence-electron chi connectivity index (χ1n) is 6.91. The lowest BCUT2D eigenvalue weighted by molar-refractivity contribution is 0.0759. The topological polar surface area (TPSA) is 32.3 Å². The highest BCUT2D eigenvalue weighted by Crippen LogP contribution is 2.18. The van der Waals surface area contributed by atoms with Crippen LogP contribution in [-0.4, -0.2) is 37.0 Å². The number of amides is 1. The number of hydrogen-bond donors (Lipinski definition) is 1. The van der Waals surface area contributed by atoms with Crippen LogP contribution in [0.5, 0.6) is 0 Å². The molecule has 0 aliphatic carbocycles. The van der Waals surface area contributed by atoms with Crippen molar-refractivity contribution in [1.29, 1.82) is 0 Å². The van der Waals surface area contributed by atoms with E-state index in [2.05, 4.69) is 18.3 Å². The van der Waals surface area contributed by atoms with E-state index in [0.29, 0.717) is 0 Å². The van der Waals surface area contributed by atoms with Crippen molar-refractivity contribution < 1.29 is 4.79 Å². The first-order chi connectivity index (χ1) is 8.83. The fourth-order valence-corrected chi connectivity index (χ4v) is 2.46. The molecule has 1 aromatic carbocycles. The monoisotopic (exact) mass is 246 g/mol. The summed E-state index contributed by atoms with van der Waals surface area (Å²) in [5.74, 6) is 0.208. The van der Waals surface area contributed by atoms with Gasteiger partial charge in [0, 0.05) is 18.7 Å². The molecule has 1 aliphatic heterocycles. The van der Waals surface area contributed by atoms with Gasteiger partial charge in [-0.25, -0.2) is 0 Å². The van der Waals surface area contributed by atoms with Crippen LogP contribution in [-0.2, 0) is 6.42 Å². The molecular formula is C15H22N2O. The highest BCUT2D eigenvalue weighted by molar-refractivity contribution is 5.96. The van der Waals surface area contributed by atoms with Gasteiger partial charge < -0.3 is 10.2 Å². The first kappa shape index (κ1) is 13.1. The second kappa shape index (κ2) is 6.55. The number of carbonyl (C=O) groups is 1. The minimum atomic E-state index is 0.208. The molecule has 1 heterocycles. The van der Waals surface area contributed by atoms with E-state index in [1.54, 1.807) is 0 Å². The van der Waals surface area contributed by atoms with Crippen LogP contribution < -0.4 is 5.32 Å². The Hall–Kier alpha value is -1.35. The van der Waals surface area contributed by atoms with Gasteiger partial charge in [-0.15, -0.1) is 0 Å². The summed E-state index contributed by atoms with van der Waals surface area (Å²) in [6.45, 7) is 5.84. The highest BCUT2D eigenvalue weighted by Gasteiger charge is 2.21. The van der Waals surface area contributed by atoms with Gasteiger partial charge in [0.1, 0.15) is 0 Å². The van der Waals surface area contributed by atoms with E-state index >= 15 is 0 Å². The lowest BCUT2D eigenvalue weighted by Gasteiger charge is -2.20. The molecule has 1 aliphatic rings. The molecule has 0 atom stereocenters. The van der Waals surface area contributed by atoms with Crippen LogP contribution in [0.3, 0.4) is 0 Å². The predicted octanol–water partition coefficient (Wildman–Crippen LogP) is 2.07. The van der Waals surface area contributed by atoms with Crippen molar-refractivity contribution in [3.8, 4) is 0 Å². The largest absolute Gasteiger partial charge is 0.339 e. The number of hydrogen-bond acceptors (Lipinski definition) is 2. The average Bonchev–Trinajstić information content (AvgIpc) is 2.56.